The van der Waals surface area contributed by atoms with E-state index in [0.717, 1.165) is 23.3 Å². The molecule has 2 rings (SSSR count). The Morgan fingerprint density at radius 3 is 2.32 bits per heavy atom. The summed E-state index contributed by atoms with van der Waals surface area (Å²) in [5.41, 5.74) is 1.78. The largest absolute Gasteiger partial charge is 0.377 e. The fraction of sp³-hybridized carbons (Fsp3) is 0.250. The molecule has 6 heteroatoms. The van der Waals surface area contributed by atoms with E-state index in [4.69, 9.17) is 4.74 Å². The second-order valence-corrected chi connectivity index (χ2v) is 6.45. The van der Waals surface area contributed by atoms with Gasteiger partial charge in [-0.3, -0.25) is 0 Å². The van der Waals surface area contributed by atoms with Crippen LogP contribution in [0.3, 0.4) is 0 Å². The van der Waals surface area contributed by atoms with Crippen LogP contribution < -0.4 is 4.72 Å². The number of rotatable bonds is 7. The van der Waals surface area contributed by atoms with Gasteiger partial charge in [-0.25, -0.2) is 17.5 Å². The number of halogens is 1. The van der Waals surface area contributed by atoms with Crippen molar-refractivity contribution in [1.82, 2.24) is 4.72 Å². The normalized spacial score (nSPS) is 11.5. The Kier molecular flexibility index (Phi) is 5.65. The Hall–Kier alpha value is -1.76. The molecule has 0 aliphatic carbocycles. The number of benzene rings is 2. The van der Waals surface area contributed by atoms with Gasteiger partial charge in [0.1, 0.15) is 5.82 Å². The number of hydrogen-bond donors (Lipinski definition) is 1. The molecule has 0 aliphatic rings. The lowest BCUT2D eigenvalue weighted by Crippen LogP contribution is -2.23. The smallest absolute Gasteiger partial charge is 0.240 e. The lowest BCUT2D eigenvalue weighted by Gasteiger charge is -2.11. The average molecular weight is 323 g/mol. The maximum Gasteiger partial charge on any atom is 0.240 e. The summed E-state index contributed by atoms with van der Waals surface area (Å²) in [6.45, 7) is 3.09. The number of sulfonamides is 1. The molecule has 22 heavy (non-hydrogen) atoms. The van der Waals surface area contributed by atoms with Crippen LogP contribution in [-0.4, -0.2) is 15.0 Å². The molecule has 0 saturated heterocycles. The first kappa shape index (κ1) is 16.6. The van der Waals surface area contributed by atoms with E-state index in [9.17, 15) is 12.8 Å². The minimum atomic E-state index is -3.67. The molecule has 0 bridgehead atoms. The molecule has 0 saturated carbocycles. The van der Waals surface area contributed by atoms with Gasteiger partial charge in [0.25, 0.3) is 0 Å². The number of ether oxygens (including phenoxy) is 1. The van der Waals surface area contributed by atoms with Gasteiger partial charge in [-0.15, -0.1) is 0 Å². The fourth-order valence-corrected chi connectivity index (χ4v) is 2.96. The van der Waals surface area contributed by atoms with Crippen LogP contribution in [0.1, 0.15) is 18.1 Å². The van der Waals surface area contributed by atoms with E-state index in [1.54, 1.807) is 0 Å². The van der Waals surface area contributed by atoms with Crippen LogP contribution in [0, 0.1) is 5.82 Å². The van der Waals surface area contributed by atoms with Gasteiger partial charge in [-0.2, -0.15) is 0 Å². The summed E-state index contributed by atoms with van der Waals surface area (Å²) >= 11 is 0. The summed E-state index contributed by atoms with van der Waals surface area (Å²) < 4.78 is 45.1. The van der Waals surface area contributed by atoms with Crippen LogP contribution in [0.4, 0.5) is 4.39 Å². The van der Waals surface area contributed by atoms with E-state index < -0.39 is 15.8 Å². The molecule has 118 valence electrons. The predicted molar refractivity (Wildman–Crippen MR) is 82.2 cm³/mol. The third-order valence-corrected chi connectivity index (χ3v) is 4.57. The first-order valence-electron chi connectivity index (χ1n) is 6.92. The van der Waals surface area contributed by atoms with E-state index in [-0.39, 0.29) is 11.4 Å². The van der Waals surface area contributed by atoms with Crippen molar-refractivity contribution in [2.24, 2.45) is 0 Å². The van der Waals surface area contributed by atoms with E-state index in [1.807, 2.05) is 31.2 Å². The molecule has 0 aliphatic heterocycles. The van der Waals surface area contributed by atoms with Gasteiger partial charge in [0.15, 0.2) is 0 Å². The second kappa shape index (κ2) is 7.49. The molecule has 4 nitrogen and oxygen atoms in total. The van der Waals surface area contributed by atoms with Gasteiger partial charge < -0.3 is 4.74 Å². The maximum atomic E-state index is 12.9. The van der Waals surface area contributed by atoms with Gasteiger partial charge in [0.2, 0.25) is 10.0 Å². The Morgan fingerprint density at radius 1 is 1.05 bits per heavy atom. The van der Waals surface area contributed by atoms with E-state index in [0.29, 0.717) is 13.2 Å². The summed E-state index contributed by atoms with van der Waals surface area (Å²) in [6, 6.07) is 12.2. The zero-order chi connectivity index (χ0) is 16.0. The Labute approximate surface area is 130 Å². The fourth-order valence-electron chi connectivity index (χ4n) is 1.95. The van der Waals surface area contributed by atoms with Crippen LogP contribution in [0.5, 0.6) is 0 Å². The lowest BCUT2D eigenvalue weighted by molar-refractivity contribution is 0.133. The highest BCUT2D eigenvalue weighted by Gasteiger charge is 2.14. The van der Waals surface area contributed by atoms with Crippen molar-refractivity contribution in [2.75, 3.05) is 6.61 Å². The third kappa shape index (κ3) is 4.37. The molecule has 0 heterocycles. The summed E-state index contributed by atoms with van der Waals surface area (Å²) in [4.78, 5) is 0.0381. The van der Waals surface area contributed by atoms with Crippen molar-refractivity contribution in [1.29, 1.82) is 0 Å². The summed E-state index contributed by atoms with van der Waals surface area (Å²) in [6.07, 6.45) is 0. The van der Waals surface area contributed by atoms with Gasteiger partial charge in [-0.05, 0) is 42.3 Å². The molecule has 0 fully saturated rings. The van der Waals surface area contributed by atoms with Crippen LogP contribution in [0.15, 0.2) is 53.4 Å². The molecule has 0 amide bonds. The molecule has 0 unspecified atom stereocenters. The van der Waals surface area contributed by atoms with Gasteiger partial charge in [0, 0.05) is 13.2 Å². The Bertz CT molecular complexity index is 714. The topological polar surface area (TPSA) is 55.4 Å². The number of nitrogens with one attached hydrogen (secondary N) is 1. The second-order valence-electron chi connectivity index (χ2n) is 4.68. The summed E-state index contributed by atoms with van der Waals surface area (Å²) in [7, 11) is -3.67. The van der Waals surface area contributed by atoms with Crippen molar-refractivity contribution < 1.29 is 17.5 Å². The molecule has 1 N–H and O–H groups in total. The molecule has 2 aromatic rings. The Morgan fingerprint density at radius 2 is 1.68 bits per heavy atom. The third-order valence-electron chi connectivity index (χ3n) is 3.16. The highest BCUT2D eigenvalue weighted by Crippen LogP contribution is 2.13. The minimum Gasteiger partial charge on any atom is -0.377 e. The average Bonchev–Trinajstić information content (AvgIpc) is 2.52. The van der Waals surface area contributed by atoms with Crippen molar-refractivity contribution in [2.45, 2.75) is 25.0 Å². The quantitative estimate of drug-likeness (QED) is 0.852. The van der Waals surface area contributed by atoms with Gasteiger partial charge >= 0.3 is 0 Å². The molecule has 0 spiro atoms. The first-order valence-corrected chi connectivity index (χ1v) is 8.41. The van der Waals surface area contributed by atoms with Crippen molar-refractivity contribution in [3.05, 3.63) is 65.5 Å². The first-order chi connectivity index (χ1) is 10.5. The molecule has 2 aromatic carbocycles. The van der Waals surface area contributed by atoms with E-state index in [1.165, 1.54) is 12.1 Å². The maximum absolute atomic E-state index is 12.9. The standard InChI is InChI=1S/C16H18FNO3S/c1-2-21-12-14-6-4-3-5-13(14)11-18-22(19,20)16-9-7-15(17)8-10-16/h3-10,18H,2,11-12H2,1H3. The molecule has 0 atom stereocenters. The van der Waals surface area contributed by atoms with Crippen molar-refractivity contribution in [3.63, 3.8) is 0 Å². The van der Waals surface area contributed by atoms with Crippen LogP contribution >= 0.6 is 0 Å². The van der Waals surface area contributed by atoms with Gasteiger partial charge in [0.05, 0.1) is 11.5 Å². The summed E-state index contributed by atoms with van der Waals surface area (Å²) in [5, 5.41) is 0. The van der Waals surface area contributed by atoms with Crippen LogP contribution in [0.25, 0.3) is 0 Å². The van der Waals surface area contributed by atoms with Crippen molar-refractivity contribution in [3.8, 4) is 0 Å². The van der Waals surface area contributed by atoms with Crippen LogP contribution in [0.2, 0.25) is 0 Å². The zero-order valence-electron chi connectivity index (χ0n) is 12.3. The molecular weight excluding hydrogens is 305 g/mol. The zero-order valence-corrected chi connectivity index (χ0v) is 13.1. The summed E-state index contributed by atoms with van der Waals surface area (Å²) in [5.74, 6) is -0.471. The molecular formula is C16H18FNO3S. The SMILES string of the molecule is CCOCc1ccccc1CNS(=O)(=O)c1ccc(F)cc1. The highest BCUT2D eigenvalue weighted by molar-refractivity contribution is 7.89. The minimum absolute atomic E-state index is 0.0381. The van der Waals surface area contributed by atoms with Crippen molar-refractivity contribution >= 4 is 10.0 Å². The van der Waals surface area contributed by atoms with E-state index >= 15 is 0 Å². The van der Waals surface area contributed by atoms with Gasteiger partial charge in [-0.1, -0.05) is 24.3 Å². The number of hydrogen-bond acceptors (Lipinski definition) is 3. The van der Waals surface area contributed by atoms with E-state index in [2.05, 4.69) is 4.72 Å². The van der Waals surface area contributed by atoms with Crippen LogP contribution in [-0.2, 0) is 27.9 Å². The monoisotopic (exact) mass is 323 g/mol. The highest BCUT2D eigenvalue weighted by atomic mass is 32.2. The molecule has 0 aromatic heterocycles. The lowest BCUT2D eigenvalue weighted by atomic mass is 10.1. The Balaban J connectivity index is 2.10. The molecule has 0 radical (unpaired) electrons. The predicted octanol–water partition coefficient (Wildman–Crippen LogP) is 2.84.